The van der Waals surface area contributed by atoms with Crippen LogP contribution >= 0.6 is 0 Å². The van der Waals surface area contributed by atoms with Gasteiger partial charge in [-0.3, -0.25) is 9.59 Å². The van der Waals surface area contributed by atoms with E-state index in [1.165, 1.54) is 5.56 Å². The van der Waals surface area contributed by atoms with Crippen molar-refractivity contribution < 1.29 is 9.59 Å². The van der Waals surface area contributed by atoms with Gasteiger partial charge in [0.25, 0.3) is 5.91 Å². The van der Waals surface area contributed by atoms with Gasteiger partial charge in [0.2, 0.25) is 5.91 Å². The molecule has 1 atom stereocenters. The van der Waals surface area contributed by atoms with Gasteiger partial charge in [0, 0.05) is 23.2 Å². The summed E-state index contributed by atoms with van der Waals surface area (Å²) in [4.78, 5) is 24.5. The van der Waals surface area contributed by atoms with Crippen LogP contribution < -0.4 is 10.6 Å². The van der Waals surface area contributed by atoms with Crippen LogP contribution in [0, 0.1) is 5.41 Å². The average Bonchev–Trinajstić information content (AvgIpc) is 2.59. The number of benzene rings is 2. The van der Waals surface area contributed by atoms with Gasteiger partial charge >= 0.3 is 0 Å². The highest BCUT2D eigenvalue weighted by Gasteiger charge is 2.21. The molecule has 2 N–H and O–H groups in total. The van der Waals surface area contributed by atoms with Crippen LogP contribution in [0.4, 0.5) is 5.69 Å². The summed E-state index contributed by atoms with van der Waals surface area (Å²) in [5.74, 6) is 0.00585. The molecule has 0 radical (unpaired) electrons. The van der Waals surface area contributed by atoms with Crippen LogP contribution in [-0.4, -0.2) is 18.4 Å². The van der Waals surface area contributed by atoms with Crippen LogP contribution in [0.1, 0.15) is 49.5 Å². The number of hydrogen-bond acceptors (Lipinski definition) is 2. The van der Waals surface area contributed by atoms with Crippen LogP contribution in [0.2, 0.25) is 0 Å². The fourth-order valence-electron chi connectivity index (χ4n) is 2.30. The molecule has 0 aromatic heterocycles. The molecule has 2 rings (SSSR count). The zero-order valence-corrected chi connectivity index (χ0v) is 15.3. The first-order valence-corrected chi connectivity index (χ1v) is 8.52. The molecule has 132 valence electrons. The van der Waals surface area contributed by atoms with Gasteiger partial charge in [0.1, 0.15) is 0 Å². The number of rotatable bonds is 5. The highest BCUT2D eigenvalue weighted by Crippen LogP contribution is 2.18. The third-order valence-electron chi connectivity index (χ3n) is 4.00. The lowest BCUT2D eigenvalue weighted by Gasteiger charge is -2.18. The van der Waals surface area contributed by atoms with E-state index >= 15 is 0 Å². The van der Waals surface area contributed by atoms with E-state index in [0.717, 1.165) is 0 Å². The van der Waals surface area contributed by atoms with Gasteiger partial charge in [-0.05, 0) is 29.7 Å². The van der Waals surface area contributed by atoms with E-state index in [1.807, 2.05) is 39.0 Å². The van der Waals surface area contributed by atoms with E-state index in [0.29, 0.717) is 17.8 Å². The van der Waals surface area contributed by atoms with Crippen molar-refractivity contribution in [3.8, 4) is 0 Å². The second kappa shape index (κ2) is 7.97. The summed E-state index contributed by atoms with van der Waals surface area (Å²) < 4.78 is 0. The Hall–Kier alpha value is -2.62. The van der Waals surface area contributed by atoms with E-state index in [2.05, 4.69) is 29.7 Å². The van der Waals surface area contributed by atoms with Crippen LogP contribution in [0.3, 0.4) is 0 Å². The fraction of sp³-hybridized carbons (Fsp3) is 0.333. The summed E-state index contributed by atoms with van der Waals surface area (Å²) in [6, 6.07) is 17.1. The Labute approximate surface area is 149 Å². The molecule has 0 fully saturated rings. The molecule has 2 aromatic carbocycles. The molecule has 4 heteroatoms. The summed E-state index contributed by atoms with van der Waals surface area (Å²) in [7, 11) is 0. The maximum Gasteiger partial charge on any atom is 0.251 e. The lowest BCUT2D eigenvalue weighted by atomic mass is 9.95. The lowest BCUT2D eigenvalue weighted by Crippen LogP contribution is -2.29. The van der Waals surface area contributed by atoms with E-state index < -0.39 is 5.41 Å². The van der Waals surface area contributed by atoms with Crippen molar-refractivity contribution in [3.63, 3.8) is 0 Å². The second-order valence-electron chi connectivity index (χ2n) is 7.31. The van der Waals surface area contributed by atoms with Gasteiger partial charge < -0.3 is 10.6 Å². The zero-order valence-electron chi connectivity index (χ0n) is 15.3. The minimum Gasteiger partial charge on any atom is -0.351 e. The van der Waals surface area contributed by atoms with E-state index in [4.69, 9.17) is 0 Å². The second-order valence-corrected chi connectivity index (χ2v) is 7.31. The van der Waals surface area contributed by atoms with Crippen LogP contribution in [0.15, 0.2) is 54.6 Å². The minimum atomic E-state index is -0.483. The average molecular weight is 338 g/mol. The molecular weight excluding hydrogens is 312 g/mol. The predicted molar refractivity (Wildman–Crippen MR) is 102 cm³/mol. The van der Waals surface area contributed by atoms with E-state index in [9.17, 15) is 9.59 Å². The Morgan fingerprint density at radius 3 is 2.32 bits per heavy atom. The van der Waals surface area contributed by atoms with Gasteiger partial charge in [-0.1, -0.05) is 64.1 Å². The van der Waals surface area contributed by atoms with E-state index in [-0.39, 0.29) is 17.7 Å². The molecule has 2 amide bonds. The van der Waals surface area contributed by atoms with Crippen molar-refractivity contribution in [1.82, 2.24) is 5.32 Å². The molecule has 0 saturated carbocycles. The molecule has 0 aliphatic rings. The SMILES string of the molecule is CC(CNC(=O)c1cccc(NC(=O)C(C)(C)C)c1)c1ccccc1. The summed E-state index contributed by atoms with van der Waals surface area (Å²) in [6.45, 7) is 8.19. The molecule has 0 aliphatic heterocycles. The number of anilines is 1. The number of carbonyl (C=O) groups excluding carboxylic acids is 2. The third-order valence-corrected chi connectivity index (χ3v) is 4.00. The monoisotopic (exact) mass is 338 g/mol. The first-order chi connectivity index (χ1) is 11.8. The van der Waals surface area contributed by atoms with Crippen molar-refractivity contribution in [2.75, 3.05) is 11.9 Å². The van der Waals surface area contributed by atoms with Crippen LogP contribution in [-0.2, 0) is 4.79 Å². The number of carbonyl (C=O) groups is 2. The maximum absolute atomic E-state index is 12.4. The summed E-state index contributed by atoms with van der Waals surface area (Å²) in [5, 5.41) is 5.81. The zero-order chi connectivity index (χ0) is 18.4. The highest BCUT2D eigenvalue weighted by atomic mass is 16.2. The van der Waals surface area contributed by atoms with Crippen molar-refractivity contribution in [3.05, 3.63) is 65.7 Å². The summed E-state index contributed by atoms with van der Waals surface area (Å²) in [6.07, 6.45) is 0. The third kappa shape index (κ3) is 5.45. The topological polar surface area (TPSA) is 58.2 Å². The van der Waals surface area contributed by atoms with Crippen molar-refractivity contribution >= 4 is 17.5 Å². The molecule has 1 unspecified atom stereocenters. The van der Waals surface area contributed by atoms with E-state index in [1.54, 1.807) is 24.3 Å². The van der Waals surface area contributed by atoms with Crippen molar-refractivity contribution in [2.45, 2.75) is 33.6 Å². The maximum atomic E-state index is 12.4. The number of nitrogens with one attached hydrogen (secondary N) is 2. The Morgan fingerprint density at radius 2 is 1.68 bits per heavy atom. The first kappa shape index (κ1) is 18.7. The normalized spacial score (nSPS) is 12.3. The molecule has 0 aliphatic carbocycles. The first-order valence-electron chi connectivity index (χ1n) is 8.52. The predicted octanol–water partition coefficient (Wildman–Crippen LogP) is 4.20. The Bertz CT molecular complexity index is 733. The van der Waals surface area contributed by atoms with Crippen molar-refractivity contribution in [1.29, 1.82) is 0 Å². The van der Waals surface area contributed by atoms with Gasteiger partial charge in [-0.15, -0.1) is 0 Å². The molecule has 0 heterocycles. The Morgan fingerprint density at radius 1 is 1.00 bits per heavy atom. The number of hydrogen-bond donors (Lipinski definition) is 2. The molecule has 0 saturated heterocycles. The molecule has 4 nitrogen and oxygen atoms in total. The van der Waals surface area contributed by atoms with Crippen molar-refractivity contribution in [2.24, 2.45) is 5.41 Å². The van der Waals surface area contributed by atoms with Gasteiger partial charge in [0.05, 0.1) is 0 Å². The minimum absolute atomic E-state index is 0.0808. The quantitative estimate of drug-likeness (QED) is 0.858. The molecule has 0 bridgehead atoms. The molecular formula is C21H26N2O2. The number of amides is 2. The largest absolute Gasteiger partial charge is 0.351 e. The molecule has 25 heavy (non-hydrogen) atoms. The van der Waals surface area contributed by atoms with Gasteiger partial charge in [-0.25, -0.2) is 0 Å². The van der Waals surface area contributed by atoms with Crippen LogP contribution in [0.25, 0.3) is 0 Å². The summed E-state index contributed by atoms with van der Waals surface area (Å²) >= 11 is 0. The molecule has 2 aromatic rings. The summed E-state index contributed by atoms with van der Waals surface area (Å²) in [5.41, 5.74) is 1.87. The smallest absolute Gasteiger partial charge is 0.251 e. The van der Waals surface area contributed by atoms with Crippen LogP contribution in [0.5, 0.6) is 0 Å². The fourth-order valence-corrected chi connectivity index (χ4v) is 2.30. The van der Waals surface area contributed by atoms with Gasteiger partial charge in [0.15, 0.2) is 0 Å². The Kier molecular flexibility index (Phi) is 5.97. The highest BCUT2D eigenvalue weighted by molar-refractivity contribution is 5.98. The molecule has 0 spiro atoms. The lowest BCUT2D eigenvalue weighted by molar-refractivity contribution is -0.123. The Balaban J connectivity index is 1.98. The standard InChI is InChI=1S/C21H26N2O2/c1-15(16-9-6-5-7-10-16)14-22-19(24)17-11-8-12-18(13-17)23-20(25)21(2,3)4/h5-13,15H,14H2,1-4H3,(H,22,24)(H,23,25). The van der Waals surface area contributed by atoms with Gasteiger partial charge in [-0.2, -0.15) is 0 Å².